The van der Waals surface area contributed by atoms with Gasteiger partial charge in [0, 0.05) is 26.8 Å². The van der Waals surface area contributed by atoms with E-state index in [0.29, 0.717) is 0 Å². The minimum absolute atomic E-state index is 1.12. The predicted molar refractivity (Wildman–Crippen MR) is 225 cm³/mol. The first-order valence-corrected chi connectivity index (χ1v) is 18.6. The van der Waals surface area contributed by atoms with Crippen LogP contribution in [0, 0.1) is 0 Å². The van der Waals surface area contributed by atoms with Gasteiger partial charge in [-0.15, -0.1) is 11.3 Å². The highest BCUT2D eigenvalue weighted by molar-refractivity contribution is 7.26. The number of rotatable bonds is 6. The van der Waals surface area contributed by atoms with E-state index in [9.17, 15) is 0 Å². The molecule has 244 valence electrons. The van der Waals surface area contributed by atoms with E-state index in [1.165, 1.54) is 80.8 Å². The standard InChI is InChI=1S/C50H33NS/c1-2-10-34(11-3-1)39-22-20-36-21-23-40(33-41(36)32-39)35-24-28-42(29-25-35)51(48-18-9-17-47-46-15-6-7-19-49(46)52-50(47)48)43-30-26-38(27-31-43)45-16-8-13-37-12-4-5-14-44(37)45/h1-33H. The molecule has 10 rings (SSSR count). The van der Waals surface area contributed by atoms with Crippen molar-refractivity contribution in [2.24, 2.45) is 0 Å². The summed E-state index contributed by atoms with van der Waals surface area (Å²) in [6.45, 7) is 0. The normalized spacial score (nSPS) is 11.5. The van der Waals surface area contributed by atoms with E-state index in [-0.39, 0.29) is 0 Å². The van der Waals surface area contributed by atoms with Gasteiger partial charge in [-0.3, -0.25) is 0 Å². The first-order valence-electron chi connectivity index (χ1n) is 17.8. The minimum Gasteiger partial charge on any atom is -0.309 e. The number of fused-ring (bicyclic) bond motifs is 5. The predicted octanol–water partition coefficient (Wildman–Crippen LogP) is 14.8. The summed E-state index contributed by atoms with van der Waals surface area (Å²) in [5.74, 6) is 0. The Morgan fingerprint density at radius 3 is 1.63 bits per heavy atom. The second kappa shape index (κ2) is 12.7. The quantitative estimate of drug-likeness (QED) is 0.169. The number of anilines is 3. The highest BCUT2D eigenvalue weighted by atomic mass is 32.1. The SMILES string of the molecule is c1ccc(-c2ccc3ccc(-c4ccc(N(c5ccc(-c6cccc7ccccc67)cc5)c5cccc6c5sc5ccccc56)cc4)cc3c2)cc1. The lowest BCUT2D eigenvalue weighted by Gasteiger charge is -2.26. The van der Waals surface area contributed by atoms with E-state index >= 15 is 0 Å². The lowest BCUT2D eigenvalue weighted by molar-refractivity contribution is 1.30. The van der Waals surface area contributed by atoms with Gasteiger partial charge in [-0.2, -0.15) is 0 Å². The zero-order valence-electron chi connectivity index (χ0n) is 28.4. The van der Waals surface area contributed by atoms with Gasteiger partial charge in [-0.05, 0) is 103 Å². The van der Waals surface area contributed by atoms with Crippen LogP contribution >= 0.6 is 11.3 Å². The number of hydrogen-bond acceptors (Lipinski definition) is 2. The molecule has 0 bridgehead atoms. The summed E-state index contributed by atoms with van der Waals surface area (Å²) in [6, 6.07) is 72.9. The van der Waals surface area contributed by atoms with Crippen LogP contribution in [0.5, 0.6) is 0 Å². The Balaban J connectivity index is 1.07. The van der Waals surface area contributed by atoms with E-state index < -0.39 is 0 Å². The fraction of sp³-hybridized carbons (Fsp3) is 0. The molecule has 0 atom stereocenters. The van der Waals surface area contributed by atoms with Crippen LogP contribution in [0.2, 0.25) is 0 Å². The first kappa shape index (κ1) is 30.4. The average Bonchev–Trinajstić information content (AvgIpc) is 3.61. The van der Waals surface area contributed by atoms with Gasteiger partial charge >= 0.3 is 0 Å². The molecular formula is C50H33NS. The van der Waals surface area contributed by atoms with Crippen LogP contribution in [0.25, 0.3) is 75.1 Å². The van der Waals surface area contributed by atoms with Crippen LogP contribution in [0.1, 0.15) is 0 Å². The zero-order valence-corrected chi connectivity index (χ0v) is 29.2. The summed E-state index contributed by atoms with van der Waals surface area (Å²) >= 11 is 1.87. The Morgan fingerprint density at radius 1 is 0.327 bits per heavy atom. The summed E-state index contributed by atoms with van der Waals surface area (Å²) < 4.78 is 2.59. The third-order valence-electron chi connectivity index (χ3n) is 10.3. The molecule has 10 aromatic rings. The van der Waals surface area contributed by atoms with E-state index in [4.69, 9.17) is 0 Å². The van der Waals surface area contributed by atoms with Gasteiger partial charge in [0.1, 0.15) is 0 Å². The molecule has 0 N–H and O–H groups in total. The van der Waals surface area contributed by atoms with Crippen molar-refractivity contribution < 1.29 is 0 Å². The summed E-state index contributed by atoms with van der Waals surface area (Å²) in [7, 11) is 0. The second-order valence-corrected chi connectivity index (χ2v) is 14.4. The van der Waals surface area contributed by atoms with E-state index in [2.05, 4.69) is 205 Å². The fourth-order valence-corrected chi connectivity index (χ4v) is 8.85. The van der Waals surface area contributed by atoms with Crippen molar-refractivity contribution in [3.63, 3.8) is 0 Å². The number of nitrogens with zero attached hydrogens (tertiary/aromatic N) is 1. The van der Waals surface area contributed by atoms with Gasteiger partial charge in [-0.25, -0.2) is 0 Å². The molecule has 0 saturated carbocycles. The van der Waals surface area contributed by atoms with Gasteiger partial charge < -0.3 is 4.90 Å². The van der Waals surface area contributed by atoms with Gasteiger partial charge in [0.05, 0.1) is 10.4 Å². The van der Waals surface area contributed by atoms with Crippen LogP contribution in [0.3, 0.4) is 0 Å². The second-order valence-electron chi connectivity index (χ2n) is 13.4. The fourth-order valence-electron chi connectivity index (χ4n) is 7.64. The molecule has 52 heavy (non-hydrogen) atoms. The zero-order chi connectivity index (χ0) is 34.4. The van der Waals surface area contributed by atoms with Crippen molar-refractivity contribution in [3.05, 3.63) is 200 Å². The number of hydrogen-bond donors (Lipinski definition) is 0. The summed E-state index contributed by atoms with van der Waals surface area (Å²) in [5.41, 5.74) is 10.8. The lowest BCUT2D eigenvalue weighted by Crippen LogP contribution is -2.10. The van der Waals surface area contributed by atoms with Gasteiger partial charge in [-0.1, -0.05) is 152 Å². The van der Waals surface area contributed by atoms with Crippen LogP contribution in [-0.4, -0.2) is 0 Å². The molecule has 1 aromatic heterocycles. The van der Waals surface area contributed by atoms with Crippen LogP contribution in [0.15, 0.2) is 200 Å². The largest absolute Gasteiger partial charge is 0.309 e. The highest BCUT2D eigenvalue weighted by Gasteiger charge is 2.18. The van der Waals surface area contributed by atoms with Crippen molar-refractivity contribution >= 4 is 70.1 Å². The molecule has 0 unspecified atom stereocenters. The topological polar surface area (TPSA) is 3.24 Å². The third kappa shape index (κ3) is 5.33. The monoisotopic (exact) mass is 679 g/mol. The Bertz CT molecular complexity index is 2880. The maximum absolute atomic E-state index is 2.42. The summed E-state index contributed by atoms with van der Waals surface area (Å²) in [4.78, 5) is 2.42. The third-order valence-corrected chi connectivity index (χ3v) is 11.5. The molecule has 0 radical (unpaired) electrons. The maximum atomic E-state index is 2.42. The molecule has 1 heterocycles. The summed E-state index contributed by atoms with van der Waals surface area (Å²) in [5, 5.41) is 7.60. The van der Waals surface area contributed by atoms with Gasteiger partial charge in [0.25, 0.3) is 0 Å². The van der Waals surface area contributed by atoms with Crippen LogP contribution < -0.4 is 4.90 Å². The van der Waals surface area contributed by atoms with E-state index in [1.807, 2.05) is 11.3 Å². The Morgan fingerprint density at radius 2 is 0.885 bits per heavy atom. The van der Waals surface area contributed by atoms with E-state index in [0.717, 1.165) is 11.4 Å². The number of benzene rings is 9. The van der Waals surface area contributed by atoms with E-state index in [1.54, 1.807) is 0 Å². The van der Waals surface area contributed by atoms with Crippen molar-refractivity contribution in [1.29, 1.82) is 0 Å². The first-order chi connectivity index (χ1) is 25.8. The van der Waals surface area contributed by atoms with Crippen molar-refractivity contribution in [2.75, 3.05) is 4.90 Å². The van der Waals surface area contributed by atoms with Crippen molar-refractivity contribution in [1.82, 2.24) is 0 Å². The molecule has 0 fully saturated rings. The molecule has 0 saturated heterocycles. The molecule has 0 aliphatic heterocycles. The highest BCUT2D eigenvalue weighted by Crippen LogP contribution is 2.45. The molecule has 0 aliphatic rings. The molecule has 0 amide bonds. The Kier molecular flexibility index (Phi) is 7.41. The van der Waals surface area contributed by atoms with Crippen molar-refractivity contribution in [2.45, 2.75) is 0 Å². The smallest absolute Gasteiger partial charge is 0.0640 e. The molecule has 0 aliphatic carbocycles. The Hall–Kier alpha value is -6.48. The van der Waals surface area contributed by atoms with Crippen LogP contribution in [-0.2, 0) is 0 Å². The maximum Gasteiger partial charge on any atom is 0.0640 e. The molecule has 2 heteroatoms. The Labute approximate surface area is 307 Å². The lowest BCUT2D eigenvalue weighted by atomic mass is 9.97. The van der Waals surface area contributed by atoms with Crippen molar-refractivity contribution in [3.8, 4) is 33.4 Å². The molecular weight excluding hydrogens is 647 g/mol. The average molecular weight is 680 g/mol. The minimum atomic E-state index is 1.12. The molecule has 0 spiro atoms. The number of thiophene rings is 1. The van der Waals surface area contributed by atoms with Gasteiger partial charge in [0.15, 0.2) is 0 Å². The van der Waals surface area contributed by atoms with Gasteiger partial charge in [0.2, 0.25) is 0 Å². The van der Waals surface area contributed by atoms with Crippen LogP contribution in [0.4, 0.5) is 17.1 Å². The summed E-state index contributed by atoms with van der Waals surface area (Å²) in [6.07, 6.45) is 0. The molecule has 1 nitrogen and oxygen atoms in total. The molecule has 9 aromatic carbocycles.